The summed E-state index contributed by atoms with van der Waals surface area (Å²) in [6, 6.07) is 7.85. The fourth-order valence-electron chi connectivity index (χ4n) is 2.41. The quantitative estimate of drug-likeness (QED) is 0.477. The smallest absolute Gasteiger partial charge is 0.348 e. The van der Waals surface area contributed by atoms with E-state index in [0.717, 1.165) is 29.5 Å². The normalized spacial score (nSPS) is 11.9. The topological polar surface area (TPSA) is 88.2 Å². The number of anilines is 1. The van der Waals surface area contributed by atoms with Gasteiger partial charge in [-0.3, -0.25) is 9.52 Å². The average molecular weight is 510 g/mol. The van der Waals surface area contributed by atoms with Crippen molar-refractivity contribution in [3.05, 3.63) is 74.7 Å². The predicted octanol–water partition coefficient (Wildman–Crippen LogP) is 5.20. The third-order valence-corrected chi connectivity index (χ3v) is 6.74. The Kier molecular flexibility index (Phi) is 6.79. The van der Waals surface area contributed by atoms with Gasteiger partial charge in [0.1, 0.15) is 4.34 Å². The number of halogens is 5. The first-order chi connectivity index (χ1) is 14.5. The van der Waals surface area contributed by atoms with Crippen molar-refractivity contribution < 1.29 is 26.4 Å². The van der Waals surface area contributed by atoms with Crippen LogP contribution >= 0.6 is 34.5 Å². The Bertz CT molecular complexity index is 1210. The minimum Gasteiger partial charge on any atom is -0.348 e. The van der Waals surface area contributed by atoms with Crippen LogP contribution in [0.2, 0.25) is 9.36 Å². The number of nitrogens with one attached hydrogen (secondary N) is 2. The summed E-state index contributed by atoms with van der Waals surface area (Å²) in [4.78, 5) is 16.0. The van der Waals surface area contributed by atoms with Crippen molar-refractivity contribution in [2.75, 3.05) is 4.72 Å². The van der Waals surface area contributed by atoms with E-state index in [2.05, 4.69) is 15.0 Å². The summed E-state index contributed by atoms with van der Waals surface area (Å²) in [5.41, 5.74) is -0.344. The molecule has 13 heteroatoms. The first-order valence-corrected chi connectivity index (χ1v) is 11.4. The van der Waals surface area contributed by atoms with Crippen LogP contribution in [-0.2, 0) is 22.7 Å². The van der Waals surface area contributed by atoms with Crippen LogP contribution in [0.5, 0.6) is 0 Å². The lowest BCUT2D eigenvalue weighted by Gasteiger charge is -2.10. The molecule has 0 saturated heterocycles. The standard InChI is InChI=1S/C18H12Cl2F3N3O3S2/c19-14-7-12(31(28,29)26-17-25-9-15(20)30-17)5-6-13(14)16(27)24-8-10-1-3-11(4-2-10)18(21,22)23/h1-7,9H,8H2,(H,24,27)(H,25,26). The molecule has 2 aromatic carbocycles. The van der Waals surface area contributed by atoms with Crippen LogP contribution < -0.4 is 10.0 Å². The lowest BCUT2D eigenvalue weighted by Crippen LogP contribution is -2.23. The van der Waals surface area contributed by atoms with Gasteiger partial charge >= 0.3 is 6.18 Å². The molecule has 6 nitrogen and oxygen atoms in total. The van der Waals surface area contributed by atoms with Gasteiger partial charge in [0.25, 0.3) is 15.9 Å². The molecule has 0 aliphatic rings. The Balaban J connectivity index is 1.68. The van der Waals surface area contributed by atoms with Crippen LogP contribution in [0.15, 0.2) is 53.6 Å². The van der Waals surface area contributed by atoms with E-state index >= 15 is 0 Å². The number of benzene rings is 2. The molecule has 1 heterocycles. The van der Waals surface area contributed by atoms with E-state index in [9.17, 15) is 26.4 Å². The predicted molar refractivity (Wildman–Crippen MR) is 112 cm³/mol. The molecule has 1 aromatic heterocycles. The number of carbonyl (C=O) groups is 1. The van der Waals surface area contributed by atoms with E-state index in [0.29, 0.717) is 9.90 Å². The van der Waals surface area contributed by atoms with Gasteiger partial charge in [0, 0.05) is 6.54 Å². The second-order valence-corrected chi connectivity index (χ2v) is 9.85. The Morgan fingerprint density at radius 3 is 2.32 bits per heavy atom. The molecule has 0 aliphatic carbocycles. The maximum absolute atomic E-state index is 12.6. The molecular formula is C18H12Cl2F3N3O3S2. The highest BCUT2D eigenvalue weighted by molar-refractivity contribution is 7.93. The number of hydrogen-bond donors (Lipinski definition) is 2. The molecule has 1 amide bonds. The number of amides is 1. The molecule has 164 valence electrons. The van der Waals surface area contributed by atoms with E-state index in [4.69, 9.17) is 23.2 Å². The molecule has 3 rings (SSSR count). The van der Waals surface area contributed by atoms with Gasteiger partial charge < -0.3 is 5.32 Å². The van der Waals surface area contributed by atoms with E-state index in [1.807, 2.05) is 0 Å². The highest BCUT2D eigenvalue weighted by Gasteiger charge is 2.30. The summed E-state index contributed by atoms with van der Waals surface area (Å²) in [6.45, 7) is -0.0420. The number of aromatic nitrogens is 1. The second kappa shape index (κ2) is 9.03. The Labute approximate surface area is 189 Å². The summed E-state index contributed by atoms with van der Waals surface area (Å²) in [5, 5.41) is 2.47. The van der Waals surface area contributed by atoms with Gasteiger partial charge in [-0.1, -0.05) is 46.7 Å². The van der Waals surface area contributed by atoms with Crippen LogP contribution in [0, 0.1) is 0 Å². The number of carbonyl (C=O) groups excluding carboxylic acids is 1. The molecule has 0 saturated carbocycles. The van der Waals surface area contributed by atoms with Crippen LogP contribution in [-0.4, -0.2) is 19.3 Å². The first-order valence-electron chi connectivity index (χ1n) is 8.34. The maximum atomic E-state index is 12.6. The van der Waals surface area contributed by atoms with Crippen molar-refractivity contribution in [3.63, 3.8) is 0 Å². The van der Waals surface area contributed by atoms with Crippen LogP contribution in [0.4, 0.5) is 18.3 Å². The highest BCUT2D eigenvalue weighted by atomic mass is 35.5. The molecule has 0 unspecified atom stereocenters. The minimum absolute atomic E-state index is 0.00446. The van der Waals surface area contributed by atoms with Gasteiger partial charge in [0.15, 0.2) is 5.13 Å². The molecule has 0 bridgehead atoms. The lowest BCUT2D eigenvalue weighted by molar-refractivity contribution is -0.137. The van der Waals surface area contributed by atoms with Gasteiger partial charge in [-0.2, -0.15) is 13.2 Å². The van der Waals surface area contributed by atoms with Crippen molar-refractivity contribution >= 4 is 55.6 Å². The molecule has 0 radical (unpaired) electrons. The fourth-order valence-corrected chi connectivity index (χ4v) is 4.82. The SMILES string of the molecule is O=C(NCc1ccc(C(F)(F)F)cc1)c1ccc(S(=O)(=O)Nc2ncc(Cl)s2)cc1Cl. The van der Waals surface area contributed by atoms with Crippen molar-refractivity contribution in [2.45, 2.75) is 17.6 Å². The summed E-state index contributed by atoms with van der Waals surface area (Å²) >= 11 is 12.7. The number of alkyl halides is 3. The second-order valence-electron chi connectivity index (χ2n) is 6.09. The van der Waals surface area contributed by atoms with Gasteiger partial charge in [-0.25, -0.2) is 13.4 Å². The lowest BCUT2D eigenvalue weighted by atomic mass is 10.1. The van der Waals surface area contributed by atoms with Crippen LogP contribution in [0.1, 0.15) is 21.5 Å². The molecule has 0 aliphatic heterocycles. The average Bonchev–Trinajstić information content (AvgIpc) is 3.09. The Morgan fingerprint density at radius 2 is 1.77 bits per heavy atom. The molecular weight excluding hydrogens is 498 g/mol. The van der Waals surface area contributed by atoms with Gasteiger partial charge in [-0.15, -0.1) is 0 Å². The maximum Gasteiger partial charge on any atom is 0.416 e. The summed E-state index contributed by atoms with van der Waals surface area (Å²) in [6.07, 6.45) is -3.15. The number of rotatable bonds is 6. The van der Waals surface area contributed by atoms with Crippen molar-refractivity contribution in [3.8, 4) is 0 Å². The monoisotopic (exact) mass is 509 g/mol. The largest absolute Gasteiger partial charge is 0.416 e. The minimum atomic E-state index is -4.45. The van der Waals surface area contributed by atoms with Crippen molar-refractivity contribution in [2.24, 2.45) is 0 Å². The fraction of sp³-hybridized carbons (Fsp3) is 0.111. The third-order valence-electron chi connectivity index (χ3n) is 3.93. The molecule has 0 fully saturated rings. The number of hydrogen-bond acceptors (Lipinski definition) is 5. The summed E-state index contributed by atoms with van der Waals surface area (Å²) in [7, 11) is -4.01. The van der Waals surface area contributed by atoms with Crippen molar-refractivity contribution in [1.29, 1.82) is 0 Å². The van der Waals surface area contributed by atoms with Crippen LogP contribution in [0.25, 0.3) is 0 Å². The van der Waals surface area contributed by atoms with Crippen molar-refractivity contribution in [1.82, 2.24) is 10.3 Å². The highest BCUT2D eigenvalue weighted by Crippen LogP contribution is 2.29. The number of thiazole rings is 1. The zero-order chi connectivity index (χ0) is 22.8. The number of sulfonamides is 1. The van der Waals surface area contributed by atoms with E-state index < -0.39 is 27.7 Å². The Morgan fingerprint density at radius 1 is 1.10 bits per heavy atom. The van der Waals surface area contributed by atoms with E-state index in [1.54, 1.807) is 0 Å². The van der Waals surface area contributed by atoms with Gasteiger partial charge in [0.05, 0.1) is 27.2 Å². The molecule has 0 atom stereocenters. The third kappa shape index (κ3) is 5.88. The van der Waals surface area contributed by atoms with E-state index in [-0.39, 0.29) is 27.2 Å². The number of nitrogens with zero attached hydrogens (tertiary/aromatic N) is 1. The van der Waals surface area contributed by atoms with Crippen LogP contribution in [0.3, 0.4) is 0 Å². The summed E-state index contributed by atoms with van der Waals surface area (Å²) < 4.78 is 65.2. The Hall–Kier alpha value is -2.34. The summed E-state index contributed by atoms with van der Waals surface area (Å²) in [5.74, 6) is -0.617. The van der Waals surface area contributed by atoms with Gasteiger partial charge in [-0.05, 0) is 35.9 Å². The van der Waals surface area contributed by atoms with Gasteiger partial charge in [0.2, 0.25) is 0 Å². The zero-order valence-corrected chi connectivity index (χ0v) is 18.3. The van der Waals surface area contributed by atoms with E-state index in [1.165, 1.54) is 30.5 Å². The first kappa shape index (κ1) is 23.3. The zero-order valence-electron chi connectivity index (χ0n) is 15.2. The molecule has 31 heavy (non-hydrogen) atoms. The molecule has 3 aromatic rings. The molecule has 2 N–H and O–H groups in total. The molecule has 0 spiro atoms.